The number of alkyl halides is 2. The summed E-state index contributed by atoms with van der Waals surface area (Å²) in [7, 11) is 0. The van der Waals surface area contributed by atoms with E-state index in [4.69, 9.17) is 23.7 Å². The average Bonchev–Trinajstić information content (AvgIpc) is 3.30. The molecule has 8 heteroatoms. The average molecular weight is 487 g/mol. The molecule has 6 nitrogen and oxygen atoms in total. The van der Waals surface area contributed by atoms with Crippen LogP contribution in [0.4, 0.5) is 8.78 Å². The molecule has 4 rings (SSSR count). The Morgan fingerprint density at radius 1 is 1.15 bits per heavy atom. The van der Waals surface area contributed by atoms with Crippen LogP contribution in [0.5, 0.6) is 0 Å². The second kappa shape index (κ2) is 11.8. The summed E-state index contributed by atoms with van der Waals surface area (Å²) in [5.41, 5.74) is -1.61. The van der Waals surface area contributed by atoms with Crippen LogP contribution in [-0.4, -0.2) is 61.9 Å². The van der Waals surface area contributed by atoms with Gasteiger partial charge in [0.25, 0.3) is 0 Å². The minimum atomic E-state index is -1.71. The van der Waals surface area contributed by atoms with E-state index in [0.717, 1.165) is 51.4 Å². The Kier molecular flexibility index (Phi) is 8.99. The van der Waals surface area contributed by atoms with Crippen LogP contribution in [-0.2, 0) is 28.5 Å². The third kappa shape index (κ3) is 6.18. The van der Waals surface area contributed by atoms with Gasteiger partial charge in [-0.15, -0.1) is 0 Å². The molecule has 1 aliphatic carbocycles. The highest BCUT2D eigenvalue weighted by Gasteiger charge is 2.56. The summed E-state index contributed by atoms with van der Waals surface area (Å²) >= 11 is 0. The van der Waals surface area contributed by atoms with Crippen molar-refractivity contribution in [2.24, 2.45) is 11.8 Å². The SMILES string of the molecule is CCCCC(C)(F)C(/C=C/[C@H]1[C@H]2[C@@H](C[C@@H]1OC1CCCCO1)OC(=O)[C@@H]2F)OC1CCCCO1. The molecule has 0 N–H and O–H groups in total. The van der Waals surface area contributed by atoms with Gasteiger partial charge in [-0.1, -0.05) is 31.9 Å². The fourth-order valence-electron chi connectivity index (χ4n) is 5.60. The van der Waals surface area contributed by atoms with Crippen molar-refractivity contribution in [3.63, 3.8) is 0 Å². The van der Waals surface area contributed by atoms with Gasteiger partial charge in [0.1, 0.15) is 17.9 Å². The largest absolute Gasteiger partial charge is 0.460 e. The van der Waals surface area contributed by atoms with Crippen LogP contribution in [0.2, 0.25) is 0 Å². The van der Waals surface area contributed by atoms with Crippen LogP contribution in [0.1, 0.15) is 78.1 Å². The van der Waals surface area contributed by atoms with Crippen molar-refractivity contribution in [3.05, 3.63) is 12.2 Å². The second-order valence-corrected chi connectivity index (χ2v) is 10.4. The van der Waals surface area contributed by atoms with Crippen molar-refractivity contribution in [3.8, 4) is 0 Å². The van der Waals surface area contributed by atoms with Crippen molar-refractivity contribution in [2.75, 3.05) is 13.2 Å². The number of hydrogen-bond acceptors (Lipinski definition) is 6. The quantitative estimate of drug-likeness (QED) is 0.313. The van der Waals surface area contributed by atoms with Crippen molar-refractivity contribution in [1.29, 1.82) is 0 Å². The first kappa shape index (κ1) is 26.0. The van der Waals surface area contributed by atoms with Crippen molar-refractivity contribution >= 4 is 5.97 Å². The van der Waals surface area contributed by atoms with E-state index in [-0.39, 0.29) is 12.4 Å². The number of ether oxygens (including phenoxy) is 5. The summed E-state index contributed by atoms with van der Waals surface area (Å²) in [4.78, 5) is 11.9. The van der Waals surface area contributed by atoms with E-state index in [9.17, 15) is 9.18 Å². The number of hydrogen-bond donors (Lipinski definition) is 0. The van der Waals surface area contributed by atoms with Gasteiger partial charge in [0.15, 0.2) is 12.6 Å². The van der Waals surface area contributed by atoms with Crippen molar-refractivity contribution < 1.29 is 37.3 Å². The molecule has 4 unspecified atom stereocenters. The smallest absolute Gasteiger partial charge is 0.341 e. The lowest BCUT2D eigenvalue weighted by Crippen LogP contribution is -2.40. The highest BCUT2D eigenvalue weighted by atomic mass is 19.1. The predicted octanol–water partition coefficient (Wildman–Crippen LogP) is 5.18. The fourth-order valence-corrected chi connectivity index (χ4v) is 5.60. The lowest BCUT2D eigenvalue weighted by atomic mass is 9.88. The van der Waals surface area contributed by atoms with Gasteiger partial charge in [0.2, 0.25) is 6.17 Å². The predicted molar refractivity (Wildman–Crippen MR) is 121 cm³/mol. The summed E-state index contributed by atoms with van der Waals surface area (Å²) in [6, 6.07) is 0. The molecule has 3 saturated heterocycles. The van der Waals surface area contributed by atoms with Crippen LogP contribution in [0.15, 0.2) is 12.2 Å². The number of fused-ring (bicyclic) bond motifs is 1. The monoisotopic (exact) mass is 486 g/mol. The van der Waals surface area contributed by atoms with Crippen LogP contribution in [0.3, 0.4) is 0 Å². The zero-order chi connectivity index (χ0) is 24.1. The Bertz CT molecular complexity index is 689. The topological polar surface area (TPSA) is 63.2 Å². The van der Waals surface area contributed by atoms with Gasteiger partial charge in [-0.3, -0.25) is 0 Å². The molecule has 3 aliphatic heterocycles. The van der Waals surface area contributed by atoms with Crippen LogP contribution in [0, 0.1) is 11.8 Å². The highest BCUT2D eigenvalue weighted by Crippen LogP contribution is 2.46. The number of rotatable bonds is 10. The molecule has 3 heterocycles. The molecular weight excluding hydrogens is 446 g/mol. The van der Waals surface area contributed by atoms with E-state index in [1.54, 1.807) is 19.1 Å². The Morgan fingerprint density at radius 2 is 1.85 bits per heavy atom. The third-order valence-electron chi connectivity index (χ3n) is 7.62. The molecule has 34 heavy (non-hydrogen) atoms. The molecular formula is C26H40F2O6. The van der Waals surface area contributed by atoms with Gasteiger partial charge >= 0.3 is 5.97 Å². The molecule has 4 fully saturated rings. The first-order valence-electron chi connectivity index (χ1n) is 13.1. The minimum Gasteiger partial charge on any atom is -0.460 e. The molecule has 194 valence electrons. The van der Waals surface area contributed by atoms with Gasteiger partial charge < -0.3 is 23.7 Å². The summed E-state index contributed by atoms with van der Waals surface area (Å²) in [6.07, 6.45) is 7.09. The van der Waals surface area contributed by atoms with Crippen LogP contribution in [0.25, 0.3) is 0 Å². The number of carbonyl (C=O) groups is 1. The molecule has 0 spiro atoms. The van der Waals surface area contributed by atoms with Gasteiger partial charge in [-0.2, -0.15) is 0 Å². The van der Waals surface area contributed by atoms with Gasteiger partial charge in [0.05, 0.1) is 6.10 Å². The van der Waals surface area contributed by atoms with E-state index < -0.39 is 48.1 Å². The highest BCUT2D eigenvalue weighted by molar-refractivity contribution is 5.77. The van der Waals surface area contributed by atoms with E-state index in [0.29, 0.717) is 26.1 Å². The Labute approximate surface area is 201 Å². The van der Waals surface area contributed by atoms with E-state index in [2.05, 4.69) is 0 Å². The molecule has 1 saturated carbocycles. The summed E-state index contributed by atoms with van der Waals surface area (Å²) in [6.45, 7) is 4.83. The molecule has 9 atom stereocenters. The Balaban J connectivity index is 1.52. The number of halogens is 2. The number of unbranched alkanes of at least 4 members (excludes halogenated alkanes) is 1. The first-order chi connectivity index (χ1) is 16.4. The molecule has 4 aliphatic rings. The third-order valence-corrected chi connectivity index (χ3v) is 7.62. The lowest BCUT2D eigenvalue weighted by molar-refractivity contribution is -0.202. The maximum absolute atomic E-state index is 15.8. The normalized spacial score (nSPS) is 39.1. The molecule has 0 aromatic rings. The molecule has 0 aromatic heterocycles. The molecule has 0 bridgehead atoms. The van der Waals surface area contributed by atoms with Crippen LogP contribution < -0.4 is 0 Å². The van der Waals surface area contributed by atoms with E-state index in [1.807, 2.05) is 6.92 Å². The number of esters is 1. The zero-order valence-electron chi connectivity index (χ0n) is 20.5. The lowest BCUT2D eigenvalue weighted by Gasteiger charge is -2.34. The minimum absolute atomic E-state index is 0.346. The summed E-state index contributed by atoms with van der Waals surface area (Å²) < 4.78 is 59.8. The standard InChI is InChI=1S/C26H40F2O6/c1-3-4-13-26(2,28)20(34-22-10-6-8-15-31-22)12-11-17-18(32-21-9-5-7-14-30-21)16-19-23(17)24(27)25(29)33-19/h11-12,17-24H,3-10,13-16H2,1-2H3/b12-11+/t17-,18+,19-,20?,21?,22?,23+,24-,26?/m1/s1. The Morgan fingerprint density at radius 3 is 2.50 bits per heavy atom. The van der Waals surface area contributed by atoms with Crippen molar-refractivity contribution in [2.45, 2.75) is 121 Å². The van der Waals surface area contributed by atoms with Gasteiger partial charge in [-0.05, 0) is 51.9 Å². The van der Waals surface area contributed by atoms with Gasteiger partial charge in [-0.25, -0.2) is 13.6 Å². The van der Waals surface area contributed by atoms with Crippen LogP contribution >= 0.6 is 0 Å². The molecule has 0 radical (unpaired) electrons. The zero-order valence-corrected chi connectivity index (χ0v) is 20.5. The maximum Gasteiger partial charge on any atom is 0.341 e. The van der Waals surface area contributed by atoms with E-state index >= 15 is 4.39 Å². The first-order valence-corrected chi connectivity index (χ1v) is 13.1. The van der Waals surface area contributed by atoms with E-state index in [1.165, 1.54) is 0 Å². The number of carbonyl (C=O) groups excluding carboxylic acids is 1. The van der Waals surface area contributed by atoms with Gasteiger partial charge in [0, 0.05) is 31.5 Å². The molecule has 0 aromatic carbocycles. The van der Waals surface area contributed by atoms with Crippen molar-refractivity contribution in [1.82, 2.24) is 0 Å². The maximum atomic E-state index is 15.8. The molecule has 0 amide bonds. The second-order valence-electron chi connectivity index (χ2n) is 10.4. The summed E-state index contributed by atoms with van der Waals surface area (Å²) in [5.74, 6) is -1.90. The Hall–Kier alpha value is -1.09. The summed E-state index contributed by atoms with van der Waals surface area (Å²) in [5, 5.41) is 0. The fraction of sp³-hybridized carbons (Fsp3) is 0.885.